The molecule has 0 aliphatic rings. The third-order valence-corrected chi connectivity index (χ3v) is 0.347. The molecule has 0 atom stereocenters. The second kappa shape index (κ2) is 8.82. The number of hydrogen-bond acceptors (Lipinski definition) is 0. The molecule has 5 heavy (non-hydrogen) atoms. The molecular formula is C3H2BrLi. The van der Waals surface area contributed by atoms with Gasteiger partial charge in [0.05, 0.1) is 0 Å². The Labute approximate surface area is 52.6 Å². The fourth-order valence-corrected chi connectivity index (χ4v) is 0. The van der Waals surface area contributed by atoms with Crippen LogP contribution in [0.15, 0.2) is 0 Å². The molecule has 0 spiro atoms. The van der Waals surface area contributed by atoms with Crippen molar-refractivity contribution in [2.45, 2.75) is 0 Å². The molecule has 0 rings (SSSR count). The van der Waals surface area contributed by atoms with Gasteiger partial charge in [0.15, 0.2) is 0 Å². The summed E-state index contributed by atoms with van der Waals surface area (Å²) < 4.78 is 0. The Bertz CT molecular complexity index is 36.6. The largest absolute Gasteiger partial charge is 1.00 e. The van der Waals surface area contributed by atoms with E-state index >= 15 is 0 Å². The Morgan fingerprint density at radius 1 is 1.80 bits per heavy atom. The van der Waals surface area contributed by atoms with Crippen molar-refractivity contribution >= 4 is 15.9 Å². The summed E-state index contributed by atoms with van der Waals surface area (Å²) in [7, 11) is 0. The van der Waals surface area contributed by atoms with Crippen molar-refractivity contribution in [3.05, 3.63) is 6.42 Å². The van der Waals surface area contributed by atoms with E-state index in [1.807, 2.05) is 0 Å². The van der Waals surface area contributed by atoms with Crippen molar-refractivity contribution in [1.29, 1.82) is 0 Å². The van der Waals surface area contributed by atoms with E-state index in [2.05, 4.69) is 21.9 Å². The summed E-state index contributed by atoms with van der Waals surface area (Å²) in [5.74, 6) is 2.10. The van der Waals surface area contributed by atoms with Crippen LogP contribution in [0.25, 0.3) is 0 Å². The second-order valence-corrected chi connectivity index (χ2v) is 0.871. The van der Waals surface area contributed by atoms with Crippen LogP contribution in [-0.2, 0) is 0 Å². The van der Waals surface area contributed by atoms with Crippen molar-refractivity contribution in [3.63, 3.8) is 0 Å². The van der Waals surface area contributed by atoms with E-state index in [0.717, 1.165) is 0 Å². The van der Waals surface area contributed by atoms with Gasteiger partial charge in [-0.05, 0) is 0 Å². The Hall–Kier alpha value is 0.637. The predicted octanol–water partition coefficient (Wildman–Crippen LogP) is -2.02. The first-order chi connectivity index (χ1) is 1.91. The van der Waals surface area contributed by atoms with Crippen LogP contribution < -0.4 is 18.9 Å². The van der Waals surface area contributed by atoms with Crippen molar-refractivity contribution in [2.24, 2.45) is 0 Å². The topological polar surface area (TPSA) is 0 Å². The Morgan fingerprint density at radius 3 is 2.00 bits per heavy atom. The van der Waals surface area contributed by atoms with Gasteiger partial charge in [0.2, 0.25) is 0 Å². The number of rotatable bonds is 0. The fourth-order valence-electron chi connectivity index (χ4n) is 0. The van der Waals surface area contributed by atoms with Gasteiger partial charge >= 0.3 is 18.9 Å². The number of hydrogen-bond donors (Lipinski definition) is 0. The van der Waals surface area contributed by atoms with Gasteiger partial charge in [-0.1, -0.05) is 15.9 Å². The van der Waals surface area contributed by atoms with Crippen LogP contribution in [0.1, 0.15) is 0 Å². The Kier molecular flexibility index (Phi) is 16.2. The second-order valence-electron chi connectivity index (χ2n) is 0.310. The van der Waals surface area contributed by atoms with Gasteiger partial charge in [0, 0.05) is 5.33 Å². The van der Waals surface area contributed by atoms with Crippen molar-refractivity contribution in [3.8, 4) is 5.92 Å². The molecular weight excluding hydrogens is 123 g/mol. The molecule has 0 N–H and O–H groups in total. The first-order valence-corrected chi connectivity index (χ1v) is 1.99. The summed E-state index contributed by atoms with van der Waals surface area (Å²) in [4.78, 5) is 0. The molecule has 0 unspecified atom stereocenters. The van der Waals surface area contributed by atoms with Gasteiger partial charge in [-0.2, -0.15) is 0 Å². The van der Waals surface area contributed by atoms with E-state index in [4.69, 9.17) is 6.42 Å². The summed E-state index contributed by atoms with van der Waals surface area (Å²) in [5.41, 5.74) is 0. The summed E-state index contributed by atoms with van der Waals surface area (Å²) >= 11 is 2.95. The first-order valence-electron chi connectivity index (χ1n) is 0.871. The molecule has 2 heteroatoms. The standard InChI is InChI=1S/C3H2Br.Li/c1-2-3-4;/h3H2;/q-1;+1. The molecule has 22 valence electrons. The molecule has 0 fully saturated rings. The fraction of sp³-hybridized carbons (Fsp3) is 0.333. The SMILES string of the molecule is [C-]#CCBr.[Li+]. The van der Waals surface area contributed by atoms with Crippen LogP contribution in [0, 0.1) is 12.3 Å². The van der Waals surface area contributed by atoms with Crippen LogP contribution in [0.2, 0.25) is 0 Å². The van der Waals surface area contributed by atoms with Gasteiger partial charge in [-0.3, -0.25) is 0 Å². The van der Waals surface area contributed by atoms with Gasteiger partial charge in [-0.15, -0.1) is 0 Å². The van der Waals surface area contributed by atoms with Crippen molar-refractivity contribution in [2.75, 3.05) is 5.33 Å². The van der Waals surface area contributed by atoms with E-state index in [1.54, 1.807) is 0 Å². The third kappa shape index (κ3) is 12.0. The quantitative estimate of drug-likeness (QED) is 0.151. The van der Waals surface area contributed by atoms with E-state index in [9.17, 15) is 0 Å². The summed E-state index contributed by atoms with van der Waals surface area (Å²) in [6.07, 6.45) is 6.15. The van der Waals surface area contributed by atoms with Crippen LogP contribution in [0.3, 0.4) is 0 Å². The average molecular weight is 125 g/mol. The minimum atomic E-state index is 0. The predicted molar refractivity (Wildman–Crippen MR) is 20.9 cm³/mol. The first kappa shape index (κ1) is 9.16. The van der Waals surface area contributed by atoms with Gasteiger partial charge in [0.25, 0.3) is 0 Å². The minimum Gasteiger partial charge on any atom is -0.693 e. The van der Waals surface area contributed by atoms with Crippen LogP contribution in [-0.4, -0.2) is 5.33 Å². The van der Waals surface area contributed by atoms with Gasteiger partial charge in [-0.25, -0.2) is 0 Å². The number of alkyl halides is 1. The Balaban J connectivity index is 0. The van der Waals surface area contributed by atoms with E-state index < -0.39 is 0 Å². The minimum absolute atomic E-state index is 0. The summed E-state index contributed by atoms with van der Waals surface area (Å²) in [6, 6.07) is 0. The van der Waals surface area contributed by atoms with Crippen molar-refractivity contribution in [1.82, 2.24) is 0 Å². The van der Waals surface area contributed by atoms with E-state index in [1.165, 1.54) is 0 Å². The zero-order chi connectivity index (χ0) is 3.41. The molecule has 0 bridgehead atoms. The normalized spacial score (nSPS) is 4.00. The maximum absolute atomic E-state index is 6.15. The molecule has 0 nitrogen and oxygen atoms in total. The molecule has 0 aromatic carbocycles. The summed E-state index contributed by atoms with van der Waals surface area (Å²) in [6.45, 7) is 0. The maximum Gasteiger partial charge on any atom is 1.00 e. The number of halogens is 1. The molecule has 0 aliphatic carbocycles. The zero-order valence-corrected chi connectivity index (χ0v) is 4.67. The van der Waals surface area contributed by atoms with Crippen molar-refractivity contribution < 1.29 is 18.9 Å². The Morgan fingerprint density at radius 2 is 2.00 bits per heavy atom. The summed E-state index contributed by atoms with van der Waals surface area (Å²) in [5, 5.41) is 0.549. The molecule has 0 amide bonds. The smallest absolute Gasteiger partial charge is 0.693 e. The van der Waals surface area contributed by atoms with Crippen LogP contribution in [0.4, 0.5) is 0 Å². The molecule has 0 heterocycles. The average Bonchev–Trinajstić information content (AvgIpc) is 1.37. The van der Waals surface area contributed by atoms with Crippen LogP contribution in [0.5, 0.6) is 0 Å². The monoisotopic (exact) mass is 124 g/mol. The molecule has 0 saturated carbocycles. The van der Waals surface area contributed by atoms with Gasteiger partial charge in [0.1, 0.15) is 0 Å². The molecule has 0 radical (unpaired) electrons. The molecule has 0 saturated heterocycles. The maximum atomic E-state index is 6.15. The molecule has 0 aromatic rings. The molecule has 0 aliphatic heterocycles. The van der Waals surface area contributed by atoms with E-state index in [-0.39, 0.29) is 18.9 Å². The van der Waals surface area contributed by atoms with Crippen LogP contribution >= 0.6 is 15.9 Å². The third-order valence-electron chi connectivity index (χ3n) is 0.0668. The van der Waals surface area contributed by atoms with E-state index in [0.29, 0.717) is 5.33 Å². The zero-order valence-electron chi connectivity index (χ0n) is 3.09. The molecule has 0 aromatic heterocycles. The van der Waals surface area contributed by atoms with Gasteiger partial charge < -0.3 is 12.3 Å².